The standard InChI is InChI=1S/C25H22F3N9O4/c1-12-5-16(34-41-12)10-36-23(39)20-21(35(4)24(36)40)31-11-37(20)14(3)22(38)33-19-9-29-8-18(32-19)15-6-17(25(26,27)28)13(2)30-7-15/h5-9,11,14H,10H2,1-4H3,(H,32,33,38)/t14-/m0/s1. The zero-order chi connectivity index (χ0) is 29.6. The largest absolute Gasteiger partial charge is 0.418 e. The molecule has 0 aromatic carbocycles. The lowest BCUT2D eigenvalue weighted by atomic mass is 10.1. The lowest BCUT2D eigenvalue weighted by Gasteiger charge is -2.15. The molecular weight excluding hydrogens is 547 g/mol. The first-order valence-corrected chi connectivity index (χ1v) is 12.1. The molecule has 0 aliphatic carbocycles. The second-order valence-corrected chi connectivity index (χ2v) is 9.30. The molecule has 1 amide bonds. The van der Waals surface area contributed by atoms with Gasteiger partial charge in [0.05, 0.1) is 36.5 Å². The highest BCUT2D eigenvalue weighted by Gasteiger charge is 2.33. The Morgan fingerprint density at radius 1 is 1.12 bits per heavy atom. The van der Waals surface area contributed by atoms with Crippen molar-refractivity contribution in [3.8, 4) is 11.3 Å². The van der Waals surface area contributed by atoms with Gasteiger partial charge in [-0.25, -0.2) is 14.8 Å². The normalized spacial score (nSPS) is 12.6. The summed E-state index contributed by atoms with van der Waals surface area (Å²) in [6.45, 7) is 4.27. The van der Waals surface area contributed by atoms with Gasteiger partial charge in [0.1, 0.15) is 17.5 Å². The number of amides is 1. The first-order chi connectivity index (χ1) is 19.3. The van der Waals surface area contributed by atoms with Gasteiger partial charge in [-0.2, -0.15) is 13.2 Å². The van der Waals surface area contributed by atoms with E-state index in [1.54, 1.807) is 13.0 Å². The SMILES string of the molecule is Cc1cc(Cn2c(=O)c3c(ncn3[C@@H](C)C(=O)Nc3cncc(-c4cnc(C)c(C(F)(F)F)c4)n3)n(C)c2=O)no1. The molecule has 0 radical (unpaired) electrons. The average molecular weight is 570 g/mol. The van der Waals surface area contributed by atoms with Gasteiger partial charge in [-0.3, -0.25) is 28.7 Å². The predicted molar refractivity (Wildman–Crippen MR) is 138 cm³/mol. The van der Waals surface area contributed by atoms with Gasteiger partial charge >= 0.3 is 11.9 Å². The maximum absolute atomic E-state index is 13.4. The summed E-state index contributed by atoms with van der Waals surface area (Å²) < 4.78 is 48.5. The van der Waals surface area contributed by atoms with Crippen LogP contribution >= 0.6 is 0 Å². The summed E-state index contributed by atoms with van der Waals surface area (Å²) in [5.41, 5.74) is -1.86. The minimum Gasteiger partial charge on any atom is -0.361 e. The molecule has 5 heterocycles. The Hall–Kier alpha value is -5.15. The number of hydrogen-bond acceptors (Lipinski definition) is 9. The third-order valence-electron chi connectivity index (χ3n) is 6.43. The third kappa shape index (κ3) is 5.10. The Labute approximate surface area is 228 Å². The van der Waals surface area contributed by atoms with Gasteiger partial charge in [0.25, 0.3) is 5.56 Å². The van der Waals surface area contributed by atoms with E-state index in [9.17, 15) is 27.6 Å². The molecule has 41 heavy (non-hydrogen) atoms. The molecule has 0 saturated heterocycles. The van der Waals surface area contributed by atoms with Gasteiger partial charge in [-0.15, -0.1) is 0 Å². The highest BCUT2D eigenvalue weighted by molar-refractivity contribution is 5.93. The zero-order valence-corrected chi connectivity index (χ0v) is 22.1. The molecule has 5 aromatic heterocycles. The van der Waals surface area contributed by atoms with Crippen molar-refractivity contribution in [2.45, 2.75) is 39.5 Å². The van der Waals surface area contributed by atoms with E-state index >= 15 is 0 Å². The van der Waals surface area contributed by atoms with Crippen molar-refractivity contribution < 1.29 is 22.5 Å². The van der Waals surface area contributed by atoms with Crippen molar-refractivity contribution in [2.75, 3.05) is 5.32 Å². The van der Waals surface area contributed by atoms with Gasteiger partial charge in [0.15, 0.2) is 17.0 Å². The summed E-state index contributed by atoms with van der Waals surface area (Å²) in [6, 6.07) is 1.49. The van der Waals surface area contributed by atoms with Crippen molar-refractivity contribution in [1.29, 1.82) is 0 Å². The number of hydrogen-bond donors (Lipinski definition) is 1. The van der Waals surface area contributed by atoms with Crippen LogP contribution in [-0.2, 0) is 24.6 Å². The highest BCUT2D eigenvalue weighted by Crippen LogP contribution is 2.33. The number of rotatable bonds is 6. The van der Waals surface area contributed by atoms with Crippen LogP contribution in [0, 0.1) is 13.8 Å². The summed E-state index contributed by atoms with van der Waals surface area (Å²) in [4.78, 5) is 55.6. The van der Waals surface area contributed by atoms with Crippen LogP contribution < -0.4 is 16.6 Å². The van der Waals surface area contributed by atoms with Crippen LogP contribution in [0.4, 0.5) is 19.0 Å². The number of alkyl halides is 3. The van der Waals surface area contributed by atoms with Gasteiger partial charge in [0.2, 0.25) is 5.91 Å². The fourth-order valence-electron chi connectivity index (χ4n) is 4.26. The molecule has 5 aromatic rings. The van der Waals surface area contributed by atoms with E-state index in [2.05, 4.69) is 30.4 Å². The molecule has 212 valence electrons. The number of nitrogens with zero attached hydrogens (tertiary/aromatic N) is 8. The Bertz CT molecular complexity index is 1920. The number of aromatic nitrogens is 8. The Kier molecular flexibility index (Phi) is 6.76. The number of aryl methyl sites for hydroxylation is 3. The predicted octanol–water partition coefficient (Wildman–Crippen LogP) is 2.62. The van der Waals surface area contributed by atoms with E-state index in [1.807, 2.05) is 0 Å². The molecule has 0 saturated carbocycles. The second kappa shape index (κ2) is 10.1. The van der Waals surface area contributed by atoms with Gasteiger partial charge in [0, 0.05) is 30.6 Å². The molecule has 1 atom stereocenters. The maximum atomic E-state index is 13.4. The Balaban J connectivity index is 1.45. The van der Waals surface area contributed by atoms with Crippen molar-refractivity contribution in [3.63, 3.8) is 0 Å². The summed E-state index contributed by atoms with van der Waals surface area (Å²) in [5, 5.41) is 6.39. The van der Waals surface area contributed by atoms with E-state index in [1.165, 1.54) is 54.9 Å². The number of nitrogens with one attached hydrogen (secondary N) is 1. The fraction of sp³-hybridized carbons (Fsp3) is 0.280. The summed E-state index contributed by atoms with van der Waals surface area (Å²) >= 11 is 0. The van der Waals surface area contributed by atoms with E-state index in [4.69, 9.17) is 4.52 Å². The molecule has 0 bridgehead atoms. The Morgan fingerprint density at radius 3 is 2.56 bits per heavy atom. The van der Waals surface area contributed by atoms with Crippen molar-refractivity contribution in [3.05, 3.63) is 80.6 Å². The smallest absolute Gasteiger partial charge is 0.361 e. The van der Waals surface area contributed by atoms with Crippen LogP contribution in [0.2, 0.25) is 0 Å². The molecule has 13 nitrogen and oxygen atoms in total. The first-order valence-electron chi connectivity index (χ1n) is 12.1. The molecule has 0 unspecified atom stereocenters. The minimum atomic E-state index is -4.61. The number of carbonyl (C=O) groups excluding carboxylic acids is 1. The topological polar surface area (TPSA) is 156 Å². The van der Waals surface area contributed by atoms with Crippen LogP contribution in [0.3, 0.4) is 0 Å². The lowest BCUT2D eigenvalue weighted by Crippen LogP contribution is -2.40. The van der Waals surface area contributed by atoms with Crippen LogP contribution in [-0.4, -0.2) is 44.7 Å². The molecule has 16 heteroatoms. The second-order valence-electron chi connectivity index (χ2n) is 9.30. The lowest BCUT2D eigenvalue weighted by molar-refractivity contribution is -0.138. The molecule has 0 aliphatic heterocycles. The van der Waals surface area contributed by atoms with Gasteiger partial charge in [-0.1, -0.05) is 5.16 Å². The molecule has 1 N–H and O–H groups in total. The van der Waals surface area contributed by atoms with E-state index in [-0.39, 0.29) is 40.5 Å². The molecular formula is C25H22F3N9O4. The number of carbonyl (C=O) groups is 1. The van der Waals surface area contributed by atoms with E-state index in [0.29, 0.717) is 11.5 Å². The van der Waals surface area contributed by atoms with E-state index < -0.39 is 34.9 Å². The van der Waals surface area contributed by atoms with Crippen LogP contribution in [0.1, 0.15) is 35.7 Å². The van der Waals surface area contributed by atoms with Crippen LogP contribution in [0.15, 0.2) is 51.2 Å². The molecule has 0 spiro atoms. The van der Waals surface area contributed by atoms with Crippen molar-refractivity contribution in [1.82, 2.24) is 38.8 Å². The van der Waals surface area contributed by atoms with Gasteiger partial charge < -0.3 is 14.4 Å². The number of imidazole rings is 1. The fourth-order valence-corrected chi connectivity index (χ4v) is 4.26. The van der Waals surface area contributed by atoms with Crippen molar-refractivity contribution in [2.24, 2.45) is 7.05 Å². The quantitative estimate of drug-likeness (QED) is 0.325. The first kappa shape index (κ1) is 27.4. The van der Waals surface area contributed by atoms with Crippen LogP contribution in [0.25, 0.3) is 22.4 Å². The summed E-state index contributed by atoms with van der Waals surface area (Å²) in [7, 11) is 1.45. The third-order valence-corrected chi connectivity index (χ3v) is 6.43. The number of halogens is 3. The van der Waals surface area contributed by atoms with Crippen molar-refractivity contribution >= 4 is 22.9 Å². The van der Waals surface area contributed by atoms with Crippen LogP contribution in [0.5, 0.6) is 0 Å². The average Bonchev–Trinajstić information content (AvgIpc) is 3.55. The summed E-state index contributed by atoms with van der Waals surface area (Å²) in [5.74, 6) is -0.155. The highest BCUT2D eigenvalue weighted by atomic mass is 19.4. The monoisotopic (exact) mass is 569 g/mol. The van der Waals surface area contributed by atoms with Gasteiger partial charge in [-0.05, 0) is 26.8 Å². The zero-order valence-electron chi connectivity index (χ0n) is 22.1. The number of fused-ring (bicyclic) bond motifs is 1. The van der Waals surface area contributed by atoms with E-state index in [0.717, 1.165) is 10.6 Å². The maximum Gasteiger partial charge on any atom is 0.418 e. The minimum absolute atomic E-state index is 0.000196. The molecule has 0 fully saturated rings. The summed E-state index contributed by atoms with van der Waals surface area (Å²) in [6.07, 6.45) is 0.359. The number of pyridine rings is 1. The number of anilines is 1. The molecule has 0 aliphatic rings. The Morgan fingerprint density at radius 2 is 1.88 bits per heavy atom. The molecule has 5 rings (SSSR count).